The van der Waals surface area contributed by atoms with Crippen LogP contribution in [0.4, 0.5) is 4.79 Å². The average Bonchev–Trinajstić information content (AvgIpc) is 2.76. The Hall–Kier alpha value is -1.63. The quantitative estimate of drug-likeness (QED) is 0.797. The van der Waals surface area contributed by atoms with Crippen molar-refractivity contribution in [3.8, 4) is 0 Å². The summed E-state index contributed by atoms with van der Waals surface area (Å²) in [4.78, 5) is 26.6. The summed E-state index contributed by atoms with van der Waals surface area (Å²) in [5.74, 6) is -1.06. The van der Waals surface area contributed by atoms with E-state index in [9.17, 15) is 9.59 Å². The van der Waals surface area contributed by atoms with Gasteiger partial charge in [-0.15, -0.1) is 11.3 Å². The maximum atomic E-state index is 11.9. The second-order valence-corrected chi connectivity index (χ2v) is 6.69. The van der Waals surface area contributed by atoms with E-state index in [-0.39, 0.29) is 29.2 Å². The Kier molecular flexibility index (Phi) is 5.10. The van der Waals surface area contributed by atoms with Crippen LogP contribution in [0.3, 0.4) is 0 Å². The van der Waals surface area contributed by atoms with Crippen molar-refractivity contribution in [2.45, 2.75) is 46.7 Å². The first-order valence-electron chi connectivity index (χ1n) is 6.37. The van der Waals surface area contributed by atoms with E-state index in [0.29, 0.717) is 5.01 Å². The van der Waals surface area contributed by atoms with Gasteiger partial charge in [0.05, 0.1) is 6.04 Å². The zero-order valence-corrected chi connectivity index (χ0v) is 13.2. The molecule has 1 heterocycles. The molecule has 1 aromatic heterocycles. The normalized spacial score (nSPS) is 14.4. The smallest absolute Gasteiger partial charge is 0.355 e. The third-order valence-electron chi connectivity index (χ3n) is 3.11. The summed E-state index contributed by atoms with van der Waals surface area (Å²) in [6.45, 7) is 9.84. The van der Waals surface area contributed by atoms with E-state index in [1.165, 1.54) is 16.7 Å². The van der Waals surface area contributed by atoms with E-state index in [1.807, 2.05) is 27.7 Å². The van der Waals surface area contributed by atoms with Crippen LogP contribution >= 0.6 is 11.3 Å². The van der Waals surface area contributed by atoms with Crippen molar-refractivity contribution in [2.75, 3.05) is 0 Å². The first-order chi connectivity index (χ1) is 9.11. The molecule has 0 saturated carbocycles. The van der Waals surface area contributed by atoms with Crippen molar-refractivity contribution >= 4 is 23.3 Å². The molecule has 2 unspecified atom stereocenters. The lowest BCUT2D eigenvalue weighted by atomic mass is 9.88. The Morgan fingerprint density at radius 3 is 2.35 bits per heavy atom. The van der Waals surface area contributed by atoms with Gasteiger partial charge in [0, 0.05) is 11.4 Å². The van der Waals surface area contributed by atoms with Crippen LogP contribution in [-0.2, 0) is 0 Å². The van der Waals surface area contributed by atoms with Crippen LogP contribution in [0.2, 0.25) is 0 Å². The Morgan fingerprint density at radius 2 is 1.90 bits per heavy atom. The number of urea groups is 1. The average molecular weight is 299 g/mol. The molecule has 0 aliphatic rings. The monoisotopic (exact) mass is 299 g/mol. The minimum Gasteiger partial charge on any atom is -0.476 e. The zero-order chi connectivity index (χ0) is 15.5. The number of aromatic nitrogens is 1. The molecular weight excluding hydrogens is 278 g/mol. The standard InChI is InChI=1S/C13H21N3O3S/c1-7(10-16-9(6-20-10)11(17)18)14-12(19)15-8(2)13(3,4)5/h6-8H,1-5H3,(H,17,18)(H2,14,15,19). The minimum absolute atomic E-state index is 0.00196. The summed E-state index contributed by atoms with van der Waals surface area (Å²) in [5.41, 5.74) is -0.0276. The highest BCUT2D eigenvalue weighted by Gasteiger charge is 2.23. The highest BCUT2D eigenvalue weighted by atomic mass is 32.1. The molecule has 0 aromatic carbocycles. The fourth-order valence-electron chi connectivity index (χ4n) is 1.30. The molecule has 20 heavy (non-hydrogen) atoms. The molecule has 1 rings (SSSR count). The van der Waals surface area contributed by atoms with Crippen LogP contribution in [0.5, 0.6) is 0 Å². The van der Waals surface area contributed by atoms with Gasteiger partial charge in [-0.2, -0.15) is 0 Å². The van der Waals surface area contributed by atoms with Crippen LogP contribution < -0.4 is 10.6 Å². The van der Waals surface area contributed by atoms with Gasteiger partial charge in [-0.05, 0) is 19.3 Å². The van der Waals surface area contributed by atoms with Gasteiger partial charge in [0.2, 0.25) is 0 Å². The molecule has 0 radical (unpaired) electrons. The van der Waals surface area contributed by atoms with Crippen molar-refractivity contribution in [1.29, 1.82) is 0 Å². The molecule has 7 heteroatoms. The van der Waals surface area contributed by atoms with E-state index in [2.05, 4.69) is 15.6 Å². The number of nitrogens with one attached hydrogen (secondary N) is 2. The second kappa shape index (κ2) is 6.21. The van der Waals surface area contributed by atoms with Crippen molar-refractivity contribution in [3.63, 3.8) is 0 Å². The van der Waals surface area contributed by atoms with Gasteiger partial charge in [-0.1, -0.05) is 20.8 Å². The lowest BCUT2D eigenvalue weighted by Gasteiger charge is -2.28. The van der Waals surface area contributed by atoms with E-state index in [0.717, 1.165) is 0 Å². The van der Waals surface area contributed by atoms with E-state index < -0.39 is 5.97 Å². The van der Waals surface area contributed by atoms with E-state index >= 15 is 0 Å². The first-order valence-corrected chi connectivity index (χ1v) is 7.25. The lowest BCUT2D eigenvalue weighted by molar-refractivity contribution is 0.0691. The molecule has 3 N–H and O–H groups in total. The van der Waals surface area contributed by atoms with Gasteiger partial charge < -0.3 is 15.7 Å². The predicted molar refractivity (Wildman–Crippen MR) is 78.1 cm³/mol. The highest BCUT2D eigenvalue weighted by Crippen LogP contribution is 2.20. The topological polar surface area (TPSA) is 91.3 Å². The molecule has 0 spiro atoms. The number of thiazole rings is 1. The molecule has 0 bridgehead atoms. The third-order valence-corrected chi connectivity index (χ3v) is 4.13. The van der Waals surface area contributed by atoms with Gasteiger partial charge in [0.1, 0.15) is 5.01 Å². The highest BCUT2D eigenvalue weighted by molar-refractivity contribution is 7.09. The van der Waals surface area contributed by atoms with Crippen molar-refractivity contribution in [2.24, 2.45) is 5.41 Å². The molecule has 2 amide bonds. The summed E-state index contributed by atoms with van der Waals surface area (Å²) in [6.07, 6.45) is 0. The molecule has 0 aliphatic carbocycles. The number of amides is 2. The van der Waals surface area contributed by atoms with Crippen molar-refractivity contribution < 1.29 is 14.7 Å². The van der Waals surface area contributed by atoms with Gasteiger partial charge in [0.25, 0.3) is 0 Å². The zero-order valence-electron chi connectivity index (χ0n) is 12.4. The number of carboxylic acid groups (broad SMARTS) is 1. The maximum Gasteiger partial charge on any atom is 0.355 e. The maximum absolute atomic E-state index is 11.9. The summed E-state index contributed by atoms with van der Waals surface area (Å²) >= 11 is 1.22. The Labute approximate surface area is 122 Å². The van der Waals surface area contributed by atoms with Gasteiger partial charge in [-0.3, -0.25) is 0 Å². The van der Waals surface area contributed by atoms with Crippen LogP contribution in [0.25, 0.3) is 0 Å². The fourth-order valence-corrected chi connectivity index (χ4v) is 2.10. The van der Waals surface area contributed by atoms with Crippen molar-refractivity contribution in [1.82, 2.24) is 15.6 Å². The molecule has 1 aromatic rings. The molecular formula is C13H21N3O3S. The summed E-state index contributed by atoms with van der Waals surface area (Å²) in [7, 11) is 0. The molecule has 112 valence electrons. The number of carbonyl (C=O) groups is 2. The van der Waals surface area contributed by atoms with Crippen LogP contribution in [0, 0.1) is 5.41 Å². The molecule has 0 aliphatic heterocycles. The van der Waals surface area contributed by atoms with Crippen LogP contribution in [0.1, 0.15) is 56.2 Å². The SMILES string of the molecule is CC(NC(=O)NC(C)C(C)(C)C)c1nc(C(=O)O)cs1. The fraction of sp³-hybridized carbons (Fsp3) is 0.615. The van der Waals surface area contributed by atoms with E-state index in [1.54, 1.807) is 6.92 Å². The third kappa shape index (κ3) is 4.48. The first kappa shape index (κ1) is 16.4. The van der Waals surface area contributed by atoms with Crippen LogP contribution in [-0.4, -0.2) is 28.1 Å². The van der Waals surface area contributed by atoms with Crippen LogP contribution in [0.15, 0.2) is 5.38 Å². The number of aromatic carboxylic acids is 1. The molecule has 2 atom stereocenters. The summed E-state index contributed by atoms with van der Waals surface area (Å²) in [6, 6.07) is -0.604. The minimum atomic E-state index is -1.06. The predicted octanol–water partition coefficient (Wildman–Crippen LogP) is 2.64. The van der Waals surface area contributed by atoms with Gasteiger partial charge >= 0.3 is 12.0 Å². The number of rotatable bonds is 4. The number of carbonyl (C=O) groups excluding carboxylic acids is 1. The largest absolute Gasteiger partial charge is 0.476 e. The molecule has 6 nitrogen and oxygen atoms in total. The Balaban J connectivity index is 2.59. The Morgan fingerprint density at radius 1 is 1.30 bits per heavy atom. The summed E-state index contributed by atoms with van der Waals surface area (Å²) < 4.78 is 0. The number of hydrogen-bond donors (Lipinski definition) is 3. The van der Waals surface area contributed by atoms with E-state index in [4.69, 9.17) is 5.11 Å². The number of nitrogens with zero attached hydrogens (tertiary/aromatic N) is 1. The van der Waals surface area contributed by atoms with Crippen molar-refractivity contribution in [3.05, 3.63) is 16.1 Å². The van der Waals surface area contributed by atoms with Gasteiger partial charge in [-0.25, -0.2) is 14.6 Å². The second-order valence-electron chi connectivity index (χ2n) is 5.80. The van der Waals surface area contributed by atoms with Gasteiger partial charge in [0.15, 0.2) is 5.69 Å². The lowest BCUT2D eigenvalue weighted by Crippen LogP contribution is -2.46. The molecule has 0 fully saturated rings. The number of hydrogen-bond acceptors (Lipinski definition) is 4. The number of carboxylic acids is 1. The summed E-state index contributed by atoms with van der Waals surface area (Å²) in [5, 5.41) is 16.5. The molecule has 0 saturated heterocycles. The Bertz CT molecular complexity index is 493.